The molecule has 0 bridgehead atoms. The highest BCUT2D eigenvalue weighted by Crippen LogP contribution is 2.26. The summed E-state index contributed by atoms with van der Waals surface area (Å²) in [6, 6.07) is 5.18. The molecule has 1 aromatic carbocycles. The van der Waals surface area contributed by atoms with E-state index in [9.17, 15) is 4.79 Å². The van der Waals surface area contributed by atoms with Gasteiger partial charge in [-0.2, -0.15) is 0 Å². The fraction of sp³-hybridized carbons (Fsp3) is 0.562. The van der Waals surface area contributed by atoms with E-state index in [-0.39, 0.29) is 5.91 Å². The van der Waals surface area contributed by atoms with Crippen LogP contribution in [0.3, 0.4) is 0 Å². The lowest BCUT2D eigenvalue weighted by molar-refractivity contribution is 0.0757. The Hall–Kier alpha value is -1.71. The molecule has 1 aliphatic carbocycles. The lowest BCUT2D eigenvalue weighted by atomic mass is 9.89. The molecule has 20 heavy (non-hydrogen) atoms. The number of benzene rings is 1. The monoisotopic (exact) mass is 276 g/mol. The van der Waals surface area contributed by atoms with Crippen molar-refractivity contribution in [3.8, 4) is 5.75 Å². The molecule has 0 unspecified atom stereocenters. The summed E-state index contributed by atoms with van der Waals surface area (Å²) in [5, 5.41) is 0. The summed E-state index contributed by atoms with van der Waals surface area (Å²) >= 11 is 0. The van der Waals surface area contributed by atoms with Gasteiger partial charge in [-0.25, -0.2) is 0 Å². The minimum atomic E-state index is 0.00687. The van der Waals surface area contributed by atoms with E-state index < -0.39 is 0 Å². The summed E-state index contributed by atoms with van der Waals surface area (Å²) in [5.74, 6) is 1.19. The van der Waals surface area contributed by atoms with Crippen molar-refractivity contribution in [2.24, 2.45) is 5.92 Å². The Morgan fingerprint density at radius 3 is 2.70 bits per heavy atom. The number of methoxy groups -OCH3 is 1. The van der Waals surface area contributed by atoms with E-state index in [4.69, 9.17) is 10.5 Å². The van der Waals surface area contributed by atoms with Crippen molar-refractivity contribution < 1.29 is 9.53 Å². The second-order valence-corrected chi connectivity index (χ2v) is 5.65. The van der Waals surface area contributed by atoms with Crippen LogP contribution >= 0.6 is 0 Å². The Kier molecular flexibility index (Phi) is 4.88. The summed E-state index contributed by atoms with van der Waals surface area (Å²) in [7, 11) is 3.43. The number of nitrogen functional groups attached to an aromatic ring is 1. The van der Waals surface area contributed by atoms with Crippen LogP contribution in [0.4, 0.5) is 5.69 Å². The molecule has 0 saturated heterocycles. The van der Waals surface area contributed by atoms with Gasteiger partial charge in [0.25, 0.3) is 5.91 Å². The van der Waals surface area contributed by atoms with Gasteiger partial charge in [-0.05, 0) is 30.9 Å². The molecule has 0 aliphatic heterocycles. The predicted octanol–water partition coefficient (Wildman–Crippen LogP) is 2.93. The lowest BCUT2D eigenvalue weighted by Crippen LogP contribution is -2.32. The number of ether oxygens (including phenoxy) is 1. The second kappa shape index (κ2) is 6.64. The van der Waals surface area contributed by atoms with E-state index >= 15 is 0 Å². The van der Waals surface area contributed by atoms with Gasteiger partial charge in [-0.3, -0.25) is 4.79 Å². The van der Waals surface area contributed by atoms with Crippen LogP contribution in [-0.2, 0) is 0 Å². The zero-order valence-corrected chi connectivity index (χ0v) is 12.4. The highest BCUT2D eigenvalue weighted by molar-refractivity contribution is 5.97. The van der Waals surface area contributed by atoms with Gasteiger partial charge < -0.3 is 15.4 Å². The number of nitrogens with two attached hydrogens (primary N) is 1. The van der Waals surface area contributed by atoms with Gasteiger partial charge in [0.05, 0.1) is 12.7 Å². The number of hydrogen-bond donors (Lipinski definition) is 1. The molecule has 0 atom stereocenters. The fourth-order valence-corrected chi connectivity index (χ4v) is 2.93. The first kappa shape index (κ1) is 14.7. The summed E-state index contributed by atoms with van der Waals surface area (Å²) in [6.07, 6.45) is 6.38. The largest absolute Gasteiger partial charge is 0.496 e. The number of hydrogen-bond acceptors (Lipinski definition) is 3. The minimum Gasteiger partial charge on any atom is -0.496 e. The van der Waals surface area contributed by atoms with Crippen molar-refractivity contribution in [2.45, 2.75) is 32.1 Å². The summed E-state index contributed by atoms with van der Waals surface area (Å²) in [4.78, 5) is 14.3. The molecule has 2 N–H and O–H groups in total. The standard InChI is InChI=1S/C16H24N2O2/c1-18(11-12-6-4-3-5-7-12)16(19)14-9-8-13(17)10-15(14)20-2/h8-10,12H,3-7,11,17H2,1-2H3. The number of amides is 1. The molecule has 4 heteroatoms. The van der Waals surface area contributed by atoms with E-state index in [0.717, 1.165) is 6.54 Å². The number of carbonyl (C=O) groups excluding carboxylic acids is 1. The van der Waals surface area contributed by atoms with Crippen LogP contribution in [-0.4, -0.2) is 31.5 Å². The van der Waals surface area contributed by atoms with E-state index in [1.807, 2.05) is 11.9 Å². The number of nitrogens with zero attached hydrogens (tertiary/aromatic N) is 1. The second-order valence-electron chi connectivity index (χ2n) is 5.65. The highest BCUT2D eigenvalue weighted by atomic mass is 16.5. The van der Waals surface area contributed by atoms with Crippen molar-refractivity contribution in [3.63, 3.8) is 0 Å². The average Bonchev–Trinajstić information content (AvgIpc) is 2.47. The smallest absolute Gasteiger partial charge is 0.257 e. The molecule has 0 radical (unpaired) electrons. The van der Waals surface area contributed by atoms with Gasteiger partial charge in [-0.1, -0.05) is 19.3 Å². The van der Waals surface area contributed by atoms with Gasteiger partial charge in [0, 0.05) is 25.3 Å². The van der Waals surface area contributed by atoms with Crippen LogP contribution in [0.25, 0.3) is 0 Å². The van der Waals surface area contributed by atoms with Crippen LogP contribution in [0.2, 0.25) is 0 Å². The number of anilines is 1. The normalized spacial score (nSPS) is 15.9. The third kappa shape index (κ3) is 3.44. The third-order valence-corrected chi connectivity index (χ3v) is 4.06. The van der Waals surface area contributed by atoms with Crippen LogP contribution in [0.5, 0.6) is 5.75 Å². The lowest BCUT2D eigenvalue weighted by Gasteiger charge is -2.27. The molecular formula is C16H24N2O2. The van der Waals surface area contributed by atoms with Gasteiger partial charge in [0.1, 0.15) is 5.75 Å². The van der Waals surface area contributed by atoms with Crippen LogP contribution in [0.1, 0.15) is 42.5 Å². The van der Waals surface area contributed by atoms with E-state index in [0.29, 0.717) is 22.9 Å². The Balaban J connectivity index is 2.05. The van der Waals surface area contributed by atoms with Gasteiger partial charge in [0.15, 0.2) is 0 Å². The van der Waals surface area contributed by atoms with Crippen molar-refractivity contribution in [2.75, 3.05) is 26.4 Å². The van der Waals surface area contributed by atoms with Gasteiger partial charge >= 0.3 is 0 Å². The quantitative estimate of drug-likeness (QED) is 0.860. The number of carbonyl (C=O) groups is 1. The van der Waals surface area contributed by atoms with Crippen LogP contribution in [0.15, 0.2) is 18.2 Å². The van der Waals surface area contributed by atoms with Crippen molar-refractivity contribution in [1.29, 1.82) is 0 Å². The molecule has 0 spiro atoms. The summed E-state index contributed by atoms with van der Waals surface area (Å²) < 4.78 is 5.26. The van der Waals surface area contributed by atoms with E-state index in [2.05, 4.69) is 0 Å². The minimum absolute atomic E-state index is 0.00687. The van der Waals surface area contributed by atoms with Crippen molar-refractivity contribution in [3.05, 3.63) is 23.8 Å². The van der Waals surface area contributed by atoms with E-state index in [1.54, 1.807) is 25.3 Å². The van der Waals surface area contributed by atoms with E-state index in [1.165, 1.54) is 32.1 Å². The first-order chi connectivity index (χ1) is 9.61. The Bertz CT molecular complexity index is 468. The molecule has 110 valence electrons. The maximum atomic E-state index is 12.5. The molecule has 1 aliphatic rings. The Labute approximate surface area is 120 Å². The molecule has 1 saturated carbocycles. The predicted molar refractivity (Wildman–Crippen MR) is 80.9 cm³/mol. The third-order valence-electron chi connectivity index (χ3n) is 4.06. The molecular weight excluding hydrogens is 252 g/mol. The molecule has 0 aromatic heterocycles. The first-order valence-electron chi connectivity index (χ1n) is 7.30. The molecule has 1 amide bonds. The highest BCUT2D eigenvalue weighted by Gasteiger charge is 2.21. The summed E-state index contributed by atoms with van der Waals surface area (Å²) in [5.41, 5.74) is 6.91. The average molecular weight is 276 g/mol. The Morgan fingerprint density at radius 1 is 1.35 bits per heavy atom. The van der Waals surface area contributed by atoms with Crippen LogP contribution in [0, 0.1) is 5.92 Å². The maximum Gasteiger partial charge on any atom is 0.257 e. The topological polar surface area (TPSA) is 55.6 Å². The number of rotatable bonds is 4. The van der Waals surface area contributed by atoms with Crippen molar-refractivity contribution in [1.82, 2.24) is 4.90 Å². The SMILES string of the molecule is COc1cc(N)ccc1C(=O)N(C)CC1CCCCC1. The first-order valence-corrected chi connectivity index (χ1v) is 7.30. The molecule has 2 rings (SSSR count). The maximum absolute atomic E-state index is 12.5. The molecule has 1 aromatic rings. The van der Waals surface area contributed by atoms with Gasteiger partial charge in [0.2, 0.25) is 0 Å². The zero-order valence-electron chi connectivity index (χ0n) is 12.4. The summed E-state index contributed by atoms with van der Waals surface area (Å²) in [6.45, 7) is 0.826. The molecule has 1 fully saturated rings. The van der Waals surface area contributed by atoms with Crippen molar-refractivity contribution >= 4 is 11.6 Å². The molecule has 0 heterocycles. The van der Waals surface area contributed by atoms with Gasteiger partial charge in [-0.15, -0.1) is 0 Å². The van der Waals surface area contributed by atoms with Crippen LogP contribution < -0.4 is 10.5 Å². The zero-order chi connectivity index (χ0) is 14.5. The fourth-order valence-electron chi connectivity index (χ4n) is 2.93. The molecule has 4 nitrogen and oxygen atoms in total. The Morgan fingerprint density at radius 2 is 2.05 bits per heavy atom.